The zero-order valence-electron chi connectivity index (χ0n) is 12.4. The Labute approximate surface area is 129 Å². The lowest BCUT2D eigenvalue weighted by molar-refractivity contribution is -0.0628. The molecule has 2 aliphatic rings. The molecule has 1 N–H and O–H groups in total. The van der Waals surface area contributed by atoms with E-state index in [-0.39, 0.29) is 11.0 Å². The normalized spacial score (nSPS) is 30.9. The first-order valence-corrected chi connectivity index (χ1v) is 9.22. The van der Waals surface area contributed by atoms with Gasteiger partial charge in [-0.15, -0.1) is 0 Å². The molecule has 20 heavy (non-hydrogen) atoms. The Morgan fingerprint density at radius 3 is 2.90 bits per heavy atom. The smallest absolute Gasteiger partial charge is 0.202 e. The summed E-state index contributed by atoms with van der Waals surface area (Å²) >= 11 is 3.50. The molecule has 2 aliphatic heterocycles. The third-order valence-corrected chi connectivity index (χ3v) is 5.85. The van der Waals surface area contributed by atoms with Crippen LogP contribution >= 0.6 is 23.3 Å². The summed E-state index contributed by atoms with van der Waals surface area (Å²) in [5.74, 6) is 3.32. The van der Waals surface area contributed by atoms with Gasteiger partial charge >= 0.3 is 0 Å². The van der Waals surface area contributed by atoms with Crippen LogP contribution in [0.5, 0.6) is 0 Å². The number of nitrogens with zero attached hydrogens (tertiary/aromatic N) is 2. The van der Waals surface area contributed by atoms with Gasteiger partial charge < -0.3 is 10.1 Å². The molecule has 0 radical (unpaired) electrons. The van der Waals surface area contributed by atoms with Gasteiger partial charge in [-0.05, 0) is 25.0 Å². The first-order valence-electron chi connectivity index (χ1n) is 7.29. The molecule has 112 valence electrons. The number of anilines is 1. The maximum atomic E-state index is 6.06. The highest BCUT2D eigenvalue weighted by Crippen LogP contribution is 2.39. The maximum absolute atomic E-state index is 6.06. The van der Waals surface area contributed by atoms with Gasteiger partial charge in [0, 0.05) is 35.3 Å². The Balaban J connectivity index is 1.64. The van der Waals surface area contributed by atoms with Crippen LogP contribution in [0.15, 0.2) is 0 Å². The summed E-state index contributed by atoms with van der Waals surface area (Å²) in [6.07, 6.45) is 3.36. The number of thioether (sulfide) groups is 1. The lowest BCUT2D eigenvalue weighted by atomic mass is 9.90. The van der Waals surface area contributed by atoms with E-state index < -0.39 is 0 Å². The molecular formula is C14H23N3OS2. The van der Waals surface area contributed by atoms with Crippen molar-refractivity contribution in [1.29, 1.82) is 0 Å². The lowest BCUT2D eigenvalue weighted by Gasteiger charge is -2.37. The fraction of sp³-hybridized carbons (Fsp3) is 0.857. The second-order valence-corrected chi connectivity index (χ2v) is 8.70. The molecule has 2 fully saturated rings. The molecule has 0 saturated carbocycles. The Bertz CT molecular complexity index is 463. The van der Waals surface area contributed by atoms with Crippen molar-refractivity contribution in [3.63, 3.8) is 0 Å². The average molecular weight is 313 g/mol. The van der Waals surface area contributed by atoms with Gasteiger partial charge in [-0.1, -0.05) is 20.8 Å². The van der Waals surface area contributed by atoms with Gasteiger partial charge in [-0.2, -0.15) is 16.1 Å². The predicted molar refractivity (Wildman–Crippen MR) is 85.9 cm³/mol. The highest BCUT2D eigenvalue weighted by atomic mass is 32.2. The van der Waals surface area contributed by atoms with Crippen molar-refractivity contribution < 1.29 is 4.74 Å². The molecule has 4 nitrogen and oxygen atoms in total. The molecule has 1 spiro atoms. The van der Waals surface area contributed by atoms with Gasteiger partial charge in [0.05, 0.1) is 5.60 Å². The molecule has 2 atom stereocenters. The molecule has 6 heteroatoms. The number of hydrogen-bond donors (Lipinski definition) is 1. The Morgan fingerprint density at radius 1 is 1.40 bits per heavy atom. The zero-order chi connectivity index (χ0) is 14.2. The molecule has 3 heterocycles. The molecule has 0 amide bonds. The van der Waals surface area contributed by atoms with Gasteiger partial charge in [-0.25, -0.2) is 4.98 Å². The number of aromatic nitrogens is 2. The minimum Gasteiger partial charge on any atom is -0.374 e. The van der Waals surface area contributed by atoms with E-state index in [4.69, 9.17) is 4.74 Å². The van der Waals surface area contributed by atoms with Crippen LogP contribution in [0.2, 0.25) is 0 Å². The number of nitrogens with one attached hydrogen (secondary N) is 1. The van der Waals surface area contributed by atoms with E-state index >= 15 is 0 Å². The topological polar surface area (TPSA) is 47.0 Å². The van der Waals surface area contributed by atoms with Crippen molar-refractivity contribution in [3.8, 4) is 0 Å². The van der Waals surface area contributed by atoms with Crippen LogP contribution in [0.25, 0.3) is 0 Å². The zero-order valence-corrected chi connectivity index (χ0v) is 14.1. The average Bonchev–Trinajstić information content (AvgIpc) is 2.99. The highest BCUT2D eigenvalue weighted by molar-refractivity contribution is 7.99. The van der Waals surface area contributed by atoms with E-state index in [0.717, 1.165) is 36.2 Å². The molecule has 2 unspecified atom stereocenters. The minimum atomic E-state index is 0.0232. The highest BCUT2D eigenvalue weighted by Gasteiger charge is 2.40. The Morgan fingerprint density at radius 2 is 2.25 bits per heavy atom. The molecule has 1 aromatic heterocycles. The van der Waals surface area contributed by atoms with Crippen molar-refractivity contribution in [1.82, 2.24) is 9.36 Å². The molecule has 2 saturated heterocycles. The molecule has 0 bridgehead atoms. The van der Waals surface area contributed by atoms with Crippen LogP contribution in [-0.2, 0) is 10.2 Å². The van der Waals surface area contributed by atoms with Crippen molar-refractivity contribution in [2.45, 2.75) is 57.1 Å². The van der Waals surface area contributed by atoms with Crippen LogP contribution < -0.4 is 5.32 Å². The molecule has 1 aromatic rings. The third-order valence-electron chi connectivity index (χ3n) is 3.98. The summed E-state index contributed by atoms with van der Waals surface area (Å²) < 4.78 is 10.5. The first kappa shape index (κ1) is 14.6. The van der Waals surface area contributed by atoms with Crippen molar-refractivity contribution in [3.05, 3.63) is 5.82 Å². The van der Waals surface area contributed by atoms with E-state index in [1.165, 1.54) is 23.7 Å². The van der Waals surface area contributed by atoms with Crippen LogP contribution in [0, 0.1) is 0 Å². The quantitative estimate of drug-likeness (QED) is 0.907. The SMILES string of the molecule is CC(C)(C)c1nsc(NC2CCOC3(CCSC3)C2)n1. The standard InChI is InChI=1S/C14H23N3OS2/c1-13(2,3)11-16-12(20-17-11)15-10-4-6-18-14(8-10)5-7-19-9-14/h10H,4-9H2,1-3H3,(H,15,16,17). The number of rotatable bonds is 2. The van der Waals surface area contributed by atoms with Crippen molar-refractivity contribution in [2.24, 2.45) is 0 Å². The summed E-state index contributed by atoms with van der Waals surface area (Å²) in [5.41, 5.74) is 0.146. The molecular weight excluding hydrogens is 290 g/mol. The minimum absolute atomic E-state index is 0.0232. The molecule has 0 aliphatic carbocycles. The Kier molecular flexibility index (Phi) is 3.99. The second-order valence-electron chi connectivity index (χ2n) is 6.84. The maximum Gasteiger partial charge on any atom is 0.202 e. The molecule has 0 aromatic carbocycles. The third kappa shape index (κ3) is 3.12. The van der Waals surface area contributed by atoms with Gasteiger partial charge in [0.25, 0.3) is 0 Å². The van der Waals surface area contributed by atoms with E-state index in [1.54, 1.807) is 0 Å². The van der Waals surface area contributed by atoms with E-state index in [2.05, 4.69) is 35.4 Å². The summed E-state index contributed by atoms with van der Waals surface area (Å²) in [7, 11) is 0. The fourth-order valence-electron chi connectivity index (χ4n) is 2.78. The van der Waals surface area contributed by atoms with Gasteiger partial charge in [0.15, 0.2) is 0 Å². The van der Waals surface area contributed by atoms with E-state index in [9.17, 15) is 0 Å². The van der Waals surface area contributed by atoms with Gasteiger partial charge in [-0.3, -0.25) is 0 Å². The lowest BCUT2D eigenvalue weighted by Crippen LogP contribution is -2.44. The van der Waals surface area contributed by atoms with E-state index in [1.807, 2.05) is 11.8 Å². The molecule has 3 rings (SSSR count). The summed E-state index contributed by atoms with van der Waals surface area (Å²) in [5, 5.41) is 4.54. The van der Waals surface area contributed by atoms with Crippen LogP contribution in [0.4, 0.5) is 5.13 Å². The summed E-state index contributed by atoms with van der Waals surface area (Å²) in [4.78, 5) is 4.64. The van der Waals surface area contributed by atoms with Crippen molar-refractivity contribution >= 4 is 28.4 Å². The summed E-state index contributed by atoms with van der Waals surface area (Å²) in [6, 6.07) is 0.475. The number of ether oxygens (including phenoxy) is 1. The fourth-order valence-corrected chi connectivity index (χ4v) is 4.99. The van der Waals surface area contributed by atoms with Crippen LogP contribution in [-0.4, -0.2) is 39.1 Å². The monoisotopic (exact) mass is 313 g/mol. The van der Waals surface area contributed by atoms with Crippen molar-refractivity contribution in [2.75, 3.05) is 23.4 Å². The number of hydrogen-bond acceptors (Lipinski definition) is 6. The van der Waals surface area contributed by atoms with E-state index in [0.29, 0.717) is 6.04 Å². The summed E-state index contributed by atoms with van der Waals surface area (Å²) in [6.45, 7) is 7.32. The predicted octanol–water partition coefficient (Wildman–Crippen LogP) is 3.30. The van der Waals surface area contributed by atoms with Crippen LogP contribution in [0.3, 0.4) is 0 Å². The van der Waals surface area contributed by atoms with Crippen LogP contribution in [0.1, 0.15) is 45.9 Å². The largest absolute Gasteiger partial charge is 0.374 e. The Hall–Kier alpha value is -0.330. The van der Waals surface area contributed by atoms with Gasteiger partial charge in [0.1, 0.15) is 5.82 Å². The van der Waals surface area contributed by atoms with Gasteiger partial charge in [0.2, 0.25) is 5.13 Å². The first-order chi connectivity index (χ1) is 9.47. The second kappa shape index (κ2) is 5.46.